The minimum atomic E-state index is -1.45. The molecule has 2 aromatic rings. The normalized spacial score (nSPS) is 16.9. The fourth-order valence-corrected chi connectivity index (χ4v) is 6.23. The van der Waals surface area contributed by atoms with Crippen LogP contribution in [0.2, 0.25) is 0 Å². The molecule has 0 aliphatic heterocycles. The van der Waals surface area contributed by atoms with E-state index in [0.717, 1.165) is 48.6 Å². The van der Waals surface area contributed by atoms with E-state index >= 15 is 0 Å². The highest BCUT2D eigenvalue weighted by Crippen LogP contribution is 2.51. The molecule has 9 heteroatoms. The van der Waals surface area contributed by atoms with Gasteiger partial charge in [-0.2, -0.15) is 0 Å². The fraction of sp³-hybridized carbons (Fsp3) is 0.556. The Kier molecular flexibility index (Phi) is 9.59. The van der Waals surface area contributed by atoms with Gasteiger partial charge in [0, 0.05) is 25.2 Å². The van der Waals surface area contributed by atoms with Crippen LogP contribution in [0, 0.1) is 5.41 Å². The molecule has 196 valence electrons. The highest BCUT2D eigenvalue weighted by molar-refractivity contribution is 7.99. The number of Topliss-reactive ketones (excluding diaryl/α,β-unsaturated/α-hetero) is 1. The second-order valence-corrected chi connectivity index (χ2v) is 11.1. The van der Waals surface area contributed by atoms with Crippen molar-refractivity contribution < 1.29 is 19.5 Å². The van der Waals surface area contributed by atoms with Crippen molar-refractivity contribution in [2.24, 2.45) is 12.5 Å². The summed E-state index contributed by atoms with van der Waals surface area (Å²) in [6.07, 6.45) is 8.16. The van der Waals surface area contributed by atoms with Gasteiger partial charge in [0.25, 0.3) is 5.91 Å². The van der Waals surface area contributed by atoms with Gasteiger partial charge in [-0.1, -0.05) is 68.3 Å². The van der Waals surface area contributed by atoms with Gasteiger partial charge in [0.05, 0.1) is 6.04 Å². The molecule has 3 rings (SSSR count). The number of nitrogens with one attached hydrogen (secondary N) is 2. The zero-order valence-corrected chi connectivity index (χ0v) is 22.3. The summed E-state index contributed by atoms with van der Waals surface area (Å²) < 4.78 is 1.97. The van der Waals surface area contributed by atoms with E-state index in [2.05, 4.69) is 15.6 Å². The van der Waals surface area contributed by atoms with E-state index in [4.69, 9.17) is 0 Å². The van der Waals surface area contributed by atoms with Gasteiger partial charge < -0.3 is 20.3 Å². The highest BCUT2D eigenvalue weighted by Gasteiger charge is 2.51. The van der Waals surface area contributed by atoms with Crippen LogP contribution in [-0.2, 0) is 16.6 Å². The smallest absolute Gasteiger partial charge is 0.405 e. The summed E-state index contributed by atoms with van der Waals surface area (Å²) in [5.74, 6) is -0.620. The lowest BCUT2D eigenvalue weighted by atomic mass is 9.59. The van der Waals surface area contributed by atoms with Crippen molar-refractivity contribution in [3.63, 3.8) is 0 Å². The number of ketones is 1. The SMILES string of the molecule is CCCCC(CC1(CCSc2nccn2C)CCC1)(NC(=O)O)C(=O)C(=O)N[C@H](C)c1ccccc1. The highest BCUT2D eigenvalue weighted by atomic mass is 32.2. The molecule has 1 saturated carbocycles. The average Bonchev–Trinajstić information content (AvgIpc) is 3.24. The van der Waals surface area contributed by atoms with Gasteiger partial charge in [0.2, 0.25) is 5.78 Å². The van der Waals surface area contributed by atoms with E-state index in [1.165, 1.54) is 0 Å². The van der Waals surface area contributed by atoms with Gasteiger partial charge in [-0.25, -0.2) is 9.78 Å². The third-order valence-electron chi connectivity index (χ3n) is 7.32. The number of carbonyl (C=O) groups excluding carboxylic acids is 2. The third-order valence-corrected chi connectivity index (χ3v) is 8.38. The lowest BCUT2D eigenvalue weighted by Crippen LogP contribution is -2.61. The minimum absolute atomic E-state index is 0.185. The Morgan fingerprint density at radius 1 is 1.25 bits per heavy atom. The van der Waals surface area contributed by atoms with E-state index in [0.29, 0.717) is 19.3 Å². The summed E-state index contributed by atoms with van der Waals surface area (Å²) in [5, 5.41) is 16.0. The summed E-state index contributed by atoms with van der Waals surface area (Å²) in [7, 11) is 1.95. The Morgan fingerprint density at radius 3 is 2.53 bits per heavy atom. The molecule has 1 fully saturated rings. The quantitative estimate of drug-likeness (QED) is 0.239. The molecular weight excluding hydrogens is 476 g/mol. The number of aromatic nitrogens is 2. The van der Waals surface area contributed by atoms with E-state index in [1.54, 1.807) is 18.0 Å². The van der Waals surface area contributed by atoms with E-state index in [1.807, 2.05) is 62.0 Å². The first-order chi connectivity index (χ1) is 17.2. The number of rotatable bonds is 14. The average molecular weight is 515 g/mol. The van der Waals surface area contributed by atoms with E-state index in [9.17, 15) is 19.5 Å². The Morgan fingerprint density at radius 2 is 1.97 bits per heavy atom. The number of aryl methyl sites for hydroxylation is 1. The van der Waals surface area contributed by atoms with Crippen LogP contribution in [0.25, 0.3) is 0 Å². The molecule has 3 N–H and O–H groups in total. The fourth-order valence-electron chi connectivity index (χ4n) is 5.12. The topological polar surface area (TPSA) is 113 Å². The maximum Gasteiger partial charge on any atom is 0.405 e. The summed E-state index contributed by atoms with van der Waals surface area (Å²) >= 11 is 1.66. The number of carbonyl (C=O) groups is 3. The largest absolute Gasteiger partial charge is 0.465 e. The zero-order valence-electron chi connectivity index (χ0n) is 21.5. The summed E-state index contributed by atoms with van der Waals surface area (Å²) in [6, 6.07) is 9.04. The molecule has 2 atom stereocenters. The van der Waals surface area contributed by atoms with Gasteiger partial charge in [-0.15, -0.1) is 0 Å². The minimum Gasteiger partial charge on any atom is -0.465 e. The maximum absolute atomic E-state index is 13.7. The molecule has 0 saturated heterocycles. The molecule has 0 radical (unpaired) electrons. The summed E-state index contributed by atoms with van der Waals surface area (Å²) in [6.45, 7) is 3.82. The molecule has 1 aromatic heterocycles. The lowest BCUT2D eigenvalue weighted by molar-refractivity contribution is -0.143. The van der Waals surface area contributed by atoms with Crippen LogP contribution in [0.15, 0.2) is 47.9 Å². The second-order valence-electron chi connectivity index (χ2n) is 10.0. The Balaban J connectivity index is 1.80. The van der Waals surface area contributed by atoms with Gasteiger partial charge in [0.1, 0.15) is 5.54 Å². The number of carboxylic acid groups (broad SMARTS) is 1. The van der Waals surface area contributed by atoms with Crippen molar-refractivity contribution in [3.8, 4) is 0 Å². The Bertz CT molecular complexity index is 1040. The van der Waals surface area contributed by atoms with Crippen molar-refractivity contribution >= 4 is 29.5 Å². The van der Waals surface area contributed by atoms with Crippen molar-refractivity contribution in [3.05, 3.63) is 48.3 Å². The molecule has 36 heavy (non-hydrogen) atoms. The first-order valence-electron chi connectivity index (χ1n) is 12.7. The second kappa shape index (κ2) is 12.4. The molecule has 1 heterocycles. The zero-order chi connectivity index (χ0) is 26.2. The summed E-state index contributed by atoms with van der Waals surface area (Å²) in [5.41, 5.74) is -0.753. The molecule has 1 aliphatic carbocycles. The van der Waals surface area contributed by atoms with Crippen LogP contribution in [0.1, 0.15) is 76.8 Å². The van der Waals surface area contributed by atoms with Crippen LogP contribution >= 0.6 is 11.8 Å². The van der Waals surface area contributed by atoms with Crippen molar-refractivity contribution in [1.82, 2.24) is 20.2 Å². The molecular formula is C27H38N4O4S. The van der Waals surface area contributed by atoms with Crippen LogP contribution in [0.3, 0.4) is 0 Å². The first kappa shape index (κ1) is 27.8. The van der Waals surface area contributed by atoms with Crippen LogP contribution in [0.4, 0.5) is 4.79 Å². The molecule has 0 spiro atoms. The summed E-state index contributed by atoms with van der Waals surface area (Å²) in [4.78, 5) is 43.3. The van der Waals surface area contributed by atoms with Gasteiger partial charge >= 0.3 is 6.09 Å². The third kappa shape index (κ3) is 6.90. The number of unbranched alkanes of at least 4 members (excludes halogenated alkanes) is 1. The Hall–Kier alpha value is -2.81. The number of thioether (sulfide) groups is 1. The van der Waals surface area contributed by atoms with Crippen LogP contribution in [-0.4, -0.2) is 43.7 Å². The number of nitrogens with zero attached hydrogens (tertiary/aromatic N) is 2. The van der Waals surface area contributed by atoms with Gasteiger partial charge in [0.15, 0.2) is 5.16 Å². The number of hydrogen-bond donors (Lipinski definition) is 3. The first-order valence-corrected chi connectivity index (χ1v) is 13.7. The number of hydrogen-bond acceptors (Lipinski definition) is 5. The van der Waals surface area contributed by atoms with E-state index in [-0.39, 0.29) is 11.5 Å². The molecule has 1 aromatic carbocycles. The van der Waals surface area contributed by atoms with Gasteiger partial charge in [-0.3, -0.25) is 9.59 Å². The predicted molar refractivity (Wildman–Crippen MR) is 141 cm³/mol. The molecule has 0 bridgehead atoms. The number of amides is 2. The van der Waals surface area contributed by atoms with E-state index < -0.39 is 23.3 Å². The predicted octanol–water partition coefficient (Wildman–Crippen LogP) is 5.11. The van der Waals surface area contributed by atoms with Crippen LogP contribution in [0.5, 0.6) is 0 Å². The molecule has 2 amide bonds. The van der Waals surface area contributed by atoms with Crippen molar-refractivity contribution in [1.29, 1.82) is 0 Å². The number of imidazole rings is 1. The molecule has 1 unspecified atom stereocenters. The lowest BCUT2D eigenvalue weighted by Gasteiger charge is -2.48. The Labute approximate surface area is 217 Å². The standard InChI is InChI=1S/C27H38N4O4S/c1-4-5-14-27(30-25(34)35,22(32)23(33)29-20(2)21-10-7-6-8-11-21)19-26(12-9-13-26)15-18-36-24-28-16-17-31(24)3/h6-8,10-11,16-17,20,30H,4-5,9,12-15,18-19H2,1-3H3,(H,29,33)(H,34,35)/t20-,27?/m1/s1. The monoisotopic (exact) mass is 514 g/mol. The molecule has 8 nitrogen and oxygen atoms in total. The van der Waals surface area contributed by atoms with Crippen molar-refractivity contribution in [2.75, 3.05) is 5.75 Å². The maximum atomic E-state index is 13.7. The number of benzene rings is 1. The van der Waals surface area contributed by atoms with Crippen LogP contribution < -0.4 is 10.6 Å². The van der Waals surface area contributed by atoms with Gasteiger partial charge in [-0.05, 0) is 50.0 Å². The molecule has 1 aliphatic rings. The van der Waals surface area contributed by atoms with Crippen molar-refractivity contribution in [2.45, 2.75) is 82.0 Å².